The summed E-state index contributed by atoms with van der Waals surface area (Å²) < 4.78 is 38.2. The maximum absolute atomic E-state index is 13.9. The fraction of sp³-hybridized carbons (Fsp3) is 0.130. The van der Waals surface area contributed by atoms with Crippen LogP contribution in [0.3, 0.4) is 0 Å². The van der Waals surface area contributed by atoms with Crippen molar-refractivity contribution >= 4 is 37.7 Å². The molecule has 0 aliphatic rings. The normalized spacial score (nSPS) is 12.8. The van der Waals surface area contributed by atoms with E-state index in [1.807, 2.05) is 13.0 Å². The number of fused-ring (bicyclic) bond motifs is 2. The van der Waals surface area contributed by atoms with E-state index in [1.165, 1.54) is 24.5 Å². The number of aromatic amines is 1. The first-order chi connectivity index (χ1) is 15.8. The van der Waals surface area contributed by atoms with Crippen LogP contribution in [0.2, 0.25) is 0 Å². The van der Waals surface area contributed by atoms with Crippen LogP contribution in [0, 0.1) is 5.82 Å². The molecule has 3 aromatic heterocycles. The van der Waals surface area contributed by atoms with E-state index in [0.717, 1.165) is 17.2 Å². The highest BCUT2D eigenvalue weighted by Crippen LogP contribution is 2.33. The molecule has 0 saturated heterocycles. The van der Waals surface area contributed by atoms with Crippen molar-refractivity contribution < 1.29 is 12.8 Å². The average molecular weight is 463 g/mol. The molecule has 5 rings (SSSR count). The molecule has 1 atom stereocenters. The second-order valence-corrected chi connectivity index (χ2v) is 9.77. The second kappa shape index (κ2) is 7.89. The van der Waals surface area contributed by atoms with Crippen molar-refractivity contribution in [3.8, 4) is 11.3 Å². The monoisotopic (exact) mass is 462 g/mol. The maximum Gasteiger partial charge on any atom is 0.182 e. The molecule has 0 aliphatic heterocycles. The number of hydrogen-bond acceptors (Lipinski definition) is 7. The van der Waals surface area contributed by atoms with Gasteiger partial charge in [-0.3, -0.25) is 0 Å². The van der Waals surface area contributed by atoms with Gasteiger partial charge in [-0.25, -0.2) is 32.7 Å². The van der Waals surface area contributed by atoms with Crippen molar-refractivity contribution in [1.82, 2.24) is 24.9 Å². The lowest BCUT2D eigenvalue weighted by atomic mass is 9.98. The van der Waals surface area contributed by atoms with Crippen molar-refractivity contribution in [3.05, 3.63) is 72.6 Å². The Balaban J connectivity index is 1.67. The molecule has 0 saturated carbocycles. The third kappa shape index (κ3) is 4.00. The fourth-order valence-corrected chi connectivity index (χ4v) is 4.42. The van der Waals surface area contributed by atoms with E-state index < -0.39 is 15.7 Å². The van der Waals surface area contributed by atoms with Crippen LogP contribution in [-0.2, 0) is 9.84 Å². The Kier molecular flexibility index (Phi) is 5.01. The van der Waals surface area contributed by atoms with Crippen LogP contribution in [0.1, 0.15) is 18.5 Å². The van der Waals surface area contributed by atoms with Crippen molar-refractivity contribution in [3.63, 3.8) is 0 Å². The van der Waals surface area contributed by atoms with Gasteiger partial charge in [-0.05, 0) is 37.3 Å². The Morgan fingerprint density at radius 1 is 1.06 bits per heavy atom. The number of pyridine rings is 1. The summed E-state index contributed by atoms with van der Waals surface area (Å²) in [5, 5.41) is 4.13. The Bertz CT molecular complexity index is 1620. The molecule has 0 amide bonds. The first kappa shape index (κ1) is 21.0. The van der Waals surface area contributed by atoms with Gasteiger partial charge in [0.1, 0.15) is 17.7 Å². The number of halogens is 1. The molecule has 8 nitrogen and oxygen atoms in total. The summed E-state index contributed by atoms with van der Waals surface area (Å²) in [6, 6.07) is 12.6. The summed E-state index contributed by atoms with van der Waals surface area (Å²) in [7, 11) is -3.41. The van der Waals surface area contributed by atoms with Crippen LogP contribution < -0.4 is 5.32 Å². The molecule has 5 aromatic rings. The molecule has 33 heavy (non-hydrogen) atoms. The number of nitrogens with one attached hydrogen (secondary N) is 2. The van der Waals surface area contributed by atoms with Crippen molar-refractivity contribution in [2.45, 2.75) is 17.9 Å². The lowest BCUT2D eigenvalue weighted by Gasteiger charge is -2.19. The van der Waals surface area contributed by atoms with Crippen molar-refractivity contribution in [2.24, 2.45) is 0 Å². The van der Waals surface area contributed by atoms with E-state index in [1.54, 1.807) is 30.6 Å². The van der Waals surface area contributed by atoms with E-state index in [2.05, 4.69) is 25.3 Å². The van der Waals surface area contributed by atoms with Gasteiger partial charge in [-0.15, -0.1) is 0 Å². The van der Waals surface area contributed by atoms with Crippen LogP contribution >= 0.6 is 0 Å². The van der Waals surface area contributed by atoms with Gasteiger partial charge in [0.05, 0.1) is 28.5 Å². The molecule has 0 bridgehead atoms. The second-order valence-electron chi connectivity index (χ2n) is 7.75. The van der Waals surface area contributed by atoms with Gasteiger partial charge in [0.2, 0.25) is 0 Å². The maximum atomic E-state index is 13.9. The number of H-pyrrole nitrogens is 1. The van der Waals surface area contributed by atoms with E-state index in [9.17, 15) is 12.8 Å². The number of imidazole rings is 1. The molecule has 1 unspecified atom stereocenters. The first-order valence-electron chi connectivity index (χ1n) is 10.1. The van der Waals surface area contributed by atoms with Crippen LogP contribution in [-0.4, -0.2) is 39.6 Å². The molecule has 0 spiro atoms. The highest BCUT2D eigenvalue weighted by Gasteiger charge is 2.19. The summed E-state index contributed by atoms with van der Waals surface area (Å²) in [6.45, 7) is 1.95. The zero-order valence-electron chi connectivity index (χ0n) is 17.7. The van der Waals surface area contributed by atoms with Gasteiger partial charge < -0.3 is 10.3 Å². The van der Waals surface area contributed by atoms with E-state index in [4.69, 9.17) is 4.98 Å². The molecule has 0 aliphatic carbocycles. The molecule has 166 valence electrons. The highest BCUT2D eigenvalue weighted by molar-refractivity contribution is 7.90. The highest BCUT2D eigenvalue weighted by atomic mass is 32.2. The number of sulfone groups is 1. The smallest absolute Gasteiger partial charge is 0.182 e. The van der Waals surface area contributed by atoms with Crippen LogP contribution in [0.15, 0.2) is 66.1 Å². The number of benzene rings is 2. The molecule has 0 radical (unpaired) electrons. The van der Waals surface area contributed by atoms with Crippen molar-refractivity contribution in [1.29, 1.82) is 0 Å². The predicted molar refractivity (Wildman–Crippen MR) is 124 cm³/mol. The van der Waals surface area contributed by atoms with Gasteiger partial charge in [-0.2, -0.15) is 0 Å². The Labute approximate surface area is 188 Å². The minimum absolute atomic E-state index is 0.183. The molecule has 3 heterocycles. The lowest BCUT2D eigenvalue weighted by Crippen LogP contribution is -2.11. The summed E-state index contributed by atoms with van der Waals surface area (Å²) >= 11 is 0. The third-order valence-corrected chi connectivity index (χ3v) is 6.50. The Morgan fingerprint density at radius 3 is 2.73 bits per heavy atom. The summed E-state index contributed by atoms with van der Waals surface area (Å²) in [5.74, 6) is 0.174. The topological polar surface area (TPSA) is 114 Å². The van der Waals surface area contributed by atoms with Crippen molar-refractivity contribution in [2.75, 3.05) is 11.6 Å². The van der Waals surface area contributed by atoms with Crippen LogP contribution in [0.25, 0.3) is 33.3 Å². The first-order valence-corrected chi connectivity index (χ1v) is 12.0. The van der Waals surface area contributed by atoms with E-state index in [-0.39, 0.29) is 10.9 Å². The van der Waals surface area contributed by atoms with Gasteiger partial charge in [-0.1, -0.05) is 12.1 Å². The zero-order valence-corrected chi connectivity index (χ0v) is 18.6. The fourth-order valence-electron chi connectivity index (χ4n) is 3.75. The Morgan fingerprint density at radius 2 is 1.91 bits per heavy atom. The number of hydrogen-bond donors (Lipinski definition) is 2. The van der Waals surface area contributed by atoms with Gasteiger partial charge in [0.15, 0.2) is 21.3 Å². The predicted octanol–water partition coefficient (Wildman–Crippen LogP) is 4.28. The standard InChI is InChI=1S/C23H19FN6O2S/c1-13(29-23-21-22(26-11-25-21)27-12-28-23)18-9-14-6-7-16(24)10-19(14)30-20(18)15-4-3-5-17(8-15)33(2,31)32/h3-13H,1-2H3,(H2,25,26,27,28,29). The molecular weight excluding hydrogens is 443 g/mol. The molecular formula is C23H19FN6O2S. The average Bonchev–Trinajstić information content (AvgIpc) is 3.27. The quantitative estimate of drug-likeness (QED) is 0.401. The largest absolute Gasteiger partial charge is 0.362 e. The Hall–Kier alpha value is -3.92. The van der Waals surface area contributed by atoms with Crippen LogP contribution in [0.5, 0.6) is 0 Å². The third-order valence-electron chi connectivity index (χ3n) is 5.39. The minimum atomic E-state index is -3.41. The van der Waals surface area contributed by atoms with Gasteiger partial charge >= 0.3 is 0 Å². The summed E-state index contributed by atoms with van der Waals surface area (Å²) in [6.07, 6.45) is 4.13. The lowest BCUT2D eigenvalue weighted by molar-refractivity contribution is 0.602. The zero-order chi connectivity index (χ0) is 23.2. The number of rotatable bonds is 5. The van der Waals surface area contributed by atoms with Crippen LogP contribution in [0.4, 0.5) is 10.2 Å². The molecule has 2 N–H and O–H groups in total. The number of anilines is 1. The minimum Gasteiger partial charge on any atom is -0.362 e. The van der Waals surface area contributed by atoms with E-state index >= 15 is 0 Å². The summed E-state index contributed by atoms with van der Waals surface area (Å²) in [4.78, 5) is 20.5. The number of aromatic nitrogens is 5. The molecule has 2 aromatic carbocycles. The van der Waals surface area contributed by atoms with Gasteiger partial charge in [0.25, 0.3) is 0 Å². The number of nitrogens with zero attached hydrogens (tertiary/aromatic N) is 4. The summed E-state index contributed by atoms with van der Waals surface area (Å²) in [5.41, 5.74) is 3.64. The SMILES string of the molecule is CC(Nc1ncnc2nc[nH]c12)c1cc2ccc(F)cc2nc1-c1cccc(S(C)(=O)=O)c1. The molecule has 10 heteroatoms. The molecule has 0 fully saturated rings. The van der Waals surface area contributed by atoms with E-state index in [0.29, 0.717) is 33.8 Å². The van der Waals surface area contributed by atoms with Gasteiger partial charge in [0, 0.05) is 28.8 Å².